The molecule has 0 aromatic carbocycles. The monoisotopic (exact) mass is 223 g/mol. The molecule has 0 aliphatic carbocycles. The standard InChI is InChI=1S/C9H17NO3.ClH/c1-8(2,3)13-7(11)4-9(12)5-10-6-9;/h10,12H,4-6H2,1-3H3;1H. The maximum Gasteiger partial charge on any atom is 0.309 e. The van der Waals surface area contributed by atoms with Gasteiger partial charge in [-0.3, -0.25) is 4.79 Å². The van der Waals surface area contributed by atoms with Gasteiger partial charge in [0, 0.05) is 13.1 Å². The number of nitrogens with one attached hydrogen (secondary N) is 1. The van der Waals surface area contributed by atoms with Gasteiger partial charge in [0.05, 0.1) is 12.0 Å². The number of hydrogen-bond donors (Lipinski definition) is 2. The summed E-state index contributed by atoms with van der Waals surface area (Å²) >= 11 is 0. The van der Waals surface area contributed by atoms with Crippen LogP contribution in [0.3, 0.4) is 0 Å². The predicted molar refractivity (Wildman–Crippen MR) is 55.5 cm³/mol. The van der Waals surface area contributed by atoms with E-state index in [9.17, 15) is 9.90 Å². The van der Waals surface area contributed by atoms with Crippen molar-refractivity contribution in [3.63, 3.8) is 0 Å². The fourth-order valence-electron chi connectivity index (χ4n) is 1.18. The molecule has 1 heterocycles. The summed E-state index contributed by atoms with van der Waals surface area (Å²) in [7, 11) is 0. The fraction of sp³-hybridized carbons (Fsp3) is 0.889. The number of carbonyl (C=O) groups is 1. The van der Waals surface area contributed by atoms with Gasteiger partial charge in [-0.25, -0.2) is 0 Å². The van der Waals surface area contributed by atoms with Gasteiger partial charge in [0.15, 0.2) is 0 Å². The molecular weight excluding hydrogens is 206 g/mol. The van der Waals surface area contributed by atoms with E-state index in [1.165, 1.54) is 0 Å². The summed E-state index contributed by atoms with van der Waals surface area (Å²) in [4.78, 5) is 11.3. The first-order valence-corrected chi connectivity index (χ1v) is 4.46. The van der Waals surface area contributed by atoms with Gasteiger partial charge >= 0.3 is 5.97 Å². The smallest absolute Gasteiger partial charge is 0.309 e. The van der Waals surface area contributed by atoms with Crippen LogP contribution in [0.2, 0.25) is 0 Å². The van der Waals surface area contributed by atoms with Crippen molar-refractivity contribution in [2.45, 2.75) is 38.4 Å². The van der Waals surface area contributed by atoms with Crippen LogP contribution in [0.15, 0.2) is 0 Å². The molecule has 1 aliphatic rings. The summed E-state index contributed by atoms with van der Waals surface area (Å²) in [5.74, 6) is -0.337. The molecule has 4 nitrogen and oxygen atoms in total. The molecule has 0 saturated carbocycles. The highest BCUT2D eigenvalue weighted by molar-refractivity contribution is 5.85. The molecule has 0 radical (unpaired) electrons. The topological polar surface area (TPSA) is 58.6 Å². The molecule has 14 heavy (non-hydrogen) atoms. The van der Waals surface area contributed by atoms with E-state index in [0.29, 0.717) is 13.1 Å². The summed E-state index contributed by atoms with van der Waals surface area (Å²) in [6, 6.07) is 0. The Morgan fingerprint density at radius 2 is 2.00 bits per heavy atom. The SMILES string of the molecule is CC(C)(C)OC(=O)CC1(O)CNC1.Cl. The number of rotatable bonds is 2. The molecule has 0 aromatic heterocycles. The van der Waals surface area contributed by atoms with Gasteiger partial charge in [-0.1, -0.05) is 0 Å². The fourth-order valence-corrected chi connectivity index (χ4v) is 1.18. The van der Waals surface area contributed by atoms with E-state index < -0.39 is 11.2 Å². The van der Waals surface area contributed by atoms with Crippen LogP contribution >= 0.6 is 12.4 Å². The van der Waals surface area contributed by atoms with E-state index in [2.05, 4.69) is 5.32 Å². The molecule has 1 fully saturated rings. The highest BCUT2D eigenvalue weighted by atomic mass is 35.5. The number of halogens is 1. The number of carbonyl (C=O) groups excluding carboxylic acids is 1. The van der Waals surface area contributed by atoms with Crippen molar-refractivity contribution >= 4 is 18.4 Å². The maximum atomic E-state index is 11.3. The first kappa shape index (κ1) is 13.7. The van der Waals surface area contributed by atoms with Gasteiger partial charge in [0.2, 0.25) is 0 Å². The number of aliphatic hydroxyl groups is 1. The van der Waals surface area contributed by atoms with Crippen LogP contribution in [0.1, 0.15) is 27.2 Å². The normalized spacial score (nSPS) is 19.1. The summed E-state index contributed by atoms with van der Waals surface area (Å²) in [5, 5.41) is 12.5. The zero-order valence-electron chi connectivity index (χ0n) is 8.79. The van der Waals surface area contributed by atoms with Crippen LogP contribution in [-0.4, -0.2) is 35.4 Å². The minimum absolute atomic E-state index is 0. The second-order valence-corrected chi connectivity index (χ2v) is 4.59. The number of ether oxygens (including phenoxy) is 1. The zero-order chi connectivity index (χ0) is 10.1. The lowest BCUT2D eigenvalue weighted by atomic mass is 9.93. The van der Waals surface area contributed by atoms with E-state index in [1.807, 2.05) is 20.8 Å². The molecule has 0 amide bonds. The van der Waals surface area contributed by atoms with E-state index in [1.54, 1.807) is 0 Å². The molecule has 1 saturated heterocycles. The van der Waals surface area contributed by atoms with E-state index in [4.69, 9.17) is 4.74 Å². The highest BCUT2D eigenvalue weighted by Gasteiger charge is 2.37. The molecule has 1 aliphatic heterocycles. The van der Waals surface area contributed by atoms with Crippen molar-refractivity contribution in [3.8, 4) is 0 Å². The molecule has 5 heteroatoms. The second-order valence-electron chi connectivity index (χ2n) is 4.59. The summed E-state index contributed by atoms with van der Waals surface area (Å²) in [6.45, 7) is 6.40. The lowest BCUT2D eigenvalue weighted by molar-refractivity contribution is -0.162. The molecule has 0 aromatic rings. The molecule has 84 valence electrons. The van der Waals surface area contributed by atoms with Crippen LogP contribution in [0.25, 0.3) is 0 Å². The van der Waals surface area contributed by atoms with Crippen molar-refractivity contribution in [2.75, 3.05) is 13.1 Å². The van der Waals surface area contributed by atoms with Gasteiger partial charge in [-0.15, -0.1) is 12.4 Å². The minimum Gasteiger partial charge on any atom is -0.460 e. The van der Waals surface area contributed by atoms with Gasteiger partial charge < -0.3 is 15.2 Å². The Balaban J connectivity index is 0.00000169. The third kappa shape index (κ3) is 4.26. The first-order valence-electron chi connectivity index (χ1n) is 4.46. The molecule has 2 N–H and O–H groups in total. The third-order valence-corrected chi connectivity index (χ3v) is 1.80. The summed E-state index contributed by atoms with van der Waals surface area (Å²) in [6.07, 6.45) is 0.0806. The molecule has 0 unspecified atom stereocenters. The third-order valence-electron chi connectivity index (χ3n) is 1.80. The maximum absolute atomic E-state index is 11.3. The lowest BCUT2D eigenvalue weighted by Gasteiger charge is -2.37. The minimum atomic E-state index is -0.873. The Labute approximate surface area is 90.4 Å². The van der Waals surface area contributed by atoms with Crippen molar-refractivity contribution in [1.82, 2.24) is 5.32 Å². The van der Waals surface area contributed by atoms with Gasteiger partial charge in [0.1, 0.15) is 5.60 Å². The molecule has 0 spiro atoms. The Hall–Kier alpha value is -0.320. The van der Waals surface area contributed by atoms with E-state index >= 15 is 0 Å². The van der Waals surface area contributed by atoms with Crippen LogP contribution < -0.4 is 5.32 Å². The lowest BCUT2D eigenvalue weighted by Crippen LogP contribution is -2.60. The highest BCUT2D eigenvalue weighted by Crippen LogP contribution is 2.18. The Morgan fingerprint density at radius 3 is 2.29 bits per heavy atom. The quantitative estimate of drug-likeness (QED) is 0.669. The van der Waals surface area contributed by atoms with Crippen molar-refractivity contribution in [3.05, 3.63) is 0 Å². The van der Waals surface area contributed by atoms with Crippen molar-refractivity contribution in [2.24, 2.45) is 0 Å². The number of hydrogen-bond acceptors (Lipinski definition) is 4. The van der Waals surface area contributed by atoms with Crippen molar-refractivity contribution < 1.29 is 14.6 Å². The van der Waals surface area contributed by atoms with Crippen LogP contribution in [0.5, 0.6) is 0 Å². The molecule has 0 bridgehead atoms. The Morgan fingerprint density at radius 1 is 1.50 bits per heavy atom. The Bertz CT molecular complexity index is 209. The van der Waals surface area contributed by atoms with Gasteiger partial charge in [-0.05, 0) is 20.8 Å². The van der Waals surface area contributed by atoms with Crippen LogP contribution in [-0.2, 0) is 9.53 Å². The second kappa shape index (κ2) is 4.47. The predicted octanol–water partition coefficient (Wildman–Crippen LogP) is 0.474. The molecular formula is C9H18ClNO3. The number of esters is 1. The van der Waals surface area contributed by atoms with Crippen LogP contribution in [0, 0.1) is 0 Å². The molecule has 0 atom stereocenters. The Kier molecular flexibility index (Phi) is 4.36. The summed E-state index contributed by atoms with van der Waals surface area (Å²) in [5.41, 5.74) is -1.34. The van der Waals surface area contributed by atoms with E-state index in [-0.39, 0.29) is 24.8 Å². The number of β-amino-alcohol motifs (C(OH)–C–C–N with tert-alkyl or cyclic N) is 1. The van der Waals surface area contributed by atoms with Crippen molar-refractivity contribution in [1.29, 1.82) is 0 Å². The first-order chi connectivity index (χ1) is 5.81. The van der Waals surface area contributed by atoms with E-state index in [0.717, 1.165) is 0 Å². The summed E-state index contributed by atoms with van der Waals surface area (Å²) < 4.78 is 5.08. The van der Waals surface area contributed by atoms with Gasteiger partial charge in [-0.2, -0.15) is 0 Å². The largest absolute Gasteiger partial charge is 0.460 e. The molecule has 1 rings (SSSR count). The van der Waals surface area contributed by atoms with Crippen LogP contribution in [0.4, 0.5) is 0 Å². The zero-order valence-corrected chi connectivity index (χ0v) is 9.61. The average molecular weight is 224 g/mol. The average Bonchev–Trinajstić information content (AvgIpc) is 1.79. The van der Waals surface area contributed by atoms with Gasteiger partial charge in [0.25, 0.3) is 0 Å².